The Morgan fingerprint density at radius 3 is 0.640 bits per heavy atom. The highest BCUT2D eigenvalue weighted by Crippen LogP contribution is 2.51. The maximum atomic E-state index is 7.27. The molecule has 150 valence electrons. The second-order valence-electron chi connectivity index (χ2n) is 13.1. The average Bonchev–Trinajstić information content (AvgIpc) is 2.14. The van der Waals surface area contributed by atoms with E-state index in [2.05, 4.69) is 98.2 Å². The van der Waals surface area contributed by atoms with Gasteiger partial charge in [-0.1, -0.05) is 98.2 Å². The molecule has 0 fully saturated rings. The van der Waals surface area contributed by atoms with Crippen molar-refractivity contribution in [2.45, 2.75) is 98.2 Å². The minimum absolute atomic E-state index is 0.0531. The van der Waals surface area contributed by atoms with E-state index in [-0.39, 0.29) is 5.14 Å². The fourth-order valence-electron chi connectivity index (χ4n) is 8.22. The first-order valence-corrected chi connectivity index (χ1v) is 38.2. The van der Waals surface area contributed by atoms with Crippen molar-refractivity contribution in [3.8, 4) is 0 Å². The predicted molar refractivity (Wildman–Crippen MR) is 146 cm³/mol. The van der Waals surface area contributed by atoms with Gasteiger partial charge in [0.25, 0.3) is 0 Å². The molecule has 0 saturated carbocycles. The van der Waals surface area contributed by atoms with Gasteiger partial charge in [0.1, 0.15) is 0 Å². The molecule has 0 spiro atoms. The van der Waals surface area contributed by atoms with Crippen LogP contribution in [0.2, 0.25) is 98.2 Å². The van der Waals surface area contributed by atoms with Crippen LogP contribution >= 0.6 is 22.9 Å². The van der Waals surface area contributed by atoms with Crippen LogP contribution in [0.5, 0.6) is 0 Å². The molecular weight excluding hydrogens is 458 g/mol. The van der Waals surface area contributed by atoms with Gasteiger partial charge >= 0.3 is 5.14 Å². The standard InChI is InChI=1S/C15H45BCl2Si7/c1-19(2,3)24(16(17)18,20(4,5)6)25(21(7,8)9,22(10,11)12)23(13,14)15/h1-15H3. The summed E-state index contributed by atoms with van der Waals surface area (Å²) in [4.78, 5) is 0. The second-order valence-corrected chi connectivity index (χ2v) is 93.2. The summed E-state index contributed by atoms with van der Waals surface area (Å²) in [5, 5.41) is -0.0531. The van der Waals surface area contributed by atoms with Gasteiger partial charge in [-0.3, -0.25) is 0 Å². The average molecular weight is 504 g/mol. The summed E-state index contributed by atoms with van der Waals surface area (Å²) in [5.41, 5.74) is 0. The molecule has 0 aromatic heterocycles. The predicted octanol–water partition coefficient (Wildman–Crippen LogP) is 7.09. The van der Waals surface area contributed by atoms with Gasteiger partial charge in [-0.2, -0.15) is 22.9 Å². The number of hydrogen-bond donors (Lipinski definition) is 0. The Morgan fingerprint density at radius 2 is 0.600 bits per heavy atom. The van der Waals surface area contributed by atoms with Crippen LogP contribution in [0.25, 0.3) is 0 Å². The first-order chi connectivity index (χ1) is 10.4. The van der Waals surface area contributed by atoms with Gasteiger partial charge in [0, 0.05) is 50.6 Å². The Hall–Kier alpha value is 2.16. The van der Waals surface area contributed by atoms with Crippen LogP contribution in [-0.2, 0) is 0 Å². The first-order valence-electron chi connectivity index (χ1n) is 9.73. The number of hydrogen-bond acceptors (Lipinski definition) is 0. The van der Waals surface area contributed by atoms with E-state index < -0.39 is 50.6 Å². The van der Waals surface area contributed by atoms with E-state index in [4.69, 9.17) is 22.9 Å². The number of rotatable bonds is 7. The molecule has 0 aliphatic rings. The van der Waals surface area contributed by atoms with E-state index in [1.807, 2.05) is 0 Å². The summed E-state index contributed by atoms with van der Waals surface area (Å²) in [6.45, 7) is 38.7. The highest BCUT2D eigenvalue weighted by Gasteiger charge is 2.80. The molecule has 0 aliphatic heterocycles. The van der Waals surface area contributed by atoms with Gasteiger partial charge < -0.3 is 0 Å². The van der Waals surface area contributed by atoms with Gasteiger partial charge in [0.15, 0.2) is 0 Å². The van der Waals surface area contributed by atoms with Gasteiger partial charge in [-0.25, -0.2) is 0 Å². The van der Waals surface area contributed by atoms with Crippen molar-refractivity contribution in [1.29, 1.82) is 0 Å². The Morgan fingerprint density at radius 1 is 0.400 bits per heavy atom. The molecule has 0 atom stereocenters. The van der Waals surface area contributed by atoms with Crippen molar-refractivity contribution in [3.63, 3.8) is 0 Å². The zero-order chi connectivity index (χ0) is 21.1. The molecule has 0 unspecified atom stereocenters. The topological polar surface area (TPSA) is 0 Å². The summed E-state index contributed by atoms with van der Waals surface area (Å²) >= 11 is 14.5. The maximum Gasteiger partial charge on any atom is 0.330 e. The summed E-state index contributed by atoms with van der Waals surface area (Å²) in [6, 6.07) is 0. The van der Waals surface area contributed by atoms with E-state index in [1.54, 1.807) is 0 Å². The molecule has 0 rings (SSSR count). The highest BCUT2D eigenvalue weighted by atomic mass is 35.5. The van der Waals surface area contributed by atoms with Crippen LogP contribution in [0.4, 0.5) is 0 Å². The van der Waals surface area contributed by atoms with Crippen molar-refractivity contribution in [3.05, 3.63) is 0 Å². The summed E-state index contributed by atoms with van der Waals surface area (Å²) in [7, 11) is -7.20. The third kappa shape index (κ3) is 3.95. The summed E-state index contributed by atoms with van der Waals surface area (Å²) in [6.07, 6.45) is -1.60. The molecule has 0 saturated heterocycles. The normalized spacial score (nSPS) is 16.2. The molecule has 0 radical (unpaired) electrons. The van der Waals surface area contributed by atoms with Crippen molar-refractivity contribution >= 4 is 78.7 Å². The van der Waals surface area contributed by atoms with Crippen molar-refractivity contribution < 1.29 is 0 Å². The lowest BCUT2D eigenvalue weighted by atomic mass is 10.7. The Balaban J connectivity index is 7.91. The van der Waals surface area contributed by atoms with E-state index >= 15 is 0 Å². The maximum absolute atomic E-state index is 7.27. The molecule has 0 aliphatic carbocycles. The summed E-state index contributed by atoms with van der Waals surface area (Å²) in [5.74, 6) is 0. The molecule has 0 aromatic carbocycles. The zero-order valence-electron chi connectivity index (χ0n) is 19.8. The molecule has 0 heterocycles. The fourth-order valence-corrected chi connectivity index (χ4v) is 352. The van der Waals surface area contributed by atoms with E-state index in [0.29, 0.717) is 0 Å². The van der Waals surface area contributed by atoms with Gasteiger partial charge in [0.05, 0.1) is 0 Å². The van der Waals surface area contributed by atoms with Crippen LogP contribution in [0, 0.1) is 0 Å². The van der Waals surface area contributed by atoms with Gasteiger partial charge in [-0.05, 0) is 0 Å². The molecule has 0 nitrogen and oxygen atoms in total. The van der Waals surface area contributed by atoms with Crippen LogP contribution in [0.1, 0.15) is 0 Å². The third-order valence-corrected chi connectivity index (χ3v) is 184. The highest BCUT2D eigenvalue weighted by molar-refractivity contribution is 8.30. The lowest BCUT2D eigenvalue weighted by Gasteiger charge is -2.72. The lowest BCUT2D eigenvalue weighted by molar-refractivity contribution is 1.74. The van der Waals surface area contributed by atoms with Gasteiger partial charge in [0.2, 0.25) is 0 Å². The number of halogens is 2. The quantitative estimate of drug-likeness (QED) is 0.325. The van der Waals surface area contributed by atoms with E-state index in [0.717, 1.165) is 0 Å². The molecule has 25 heavy (non-hydrogen) atoms. The Kier molecular flexibility index (Phi) is 8.09. The zero-order valence-corrected chi connectivity index (χ0v) is 28.3. The fraction of sp³-hybridized carbons (Fsp3) is 1.00. The van der Waals surface area contributed by atoms with Crippen LogP contribution in [0.3, 0.4) is 0 Å². The minimum Gasteiger partial charge on any atom is -0.177 e. The summed E-state index contributed by atoms with van der Waals surface area (Å²) < 4.78 is 0. The van der Waals surface area contributed by atoms with Crippen LogP contribution in [0.15, 0.2) is 0 Å². The molecule has 0 amide bonds. The lowest BCUT2D eigenvalue weighted by Crippen LogP contribution is -3.05. The Labute approximate surface area is 175 Å². The molecule has 0 N–H and O–H groups in total. The van der Waals surface area contributed by atoms with Crippen molar-refractivity contribution in [2.24, 2.45) is 0 Å². The van der Waals surface area contributed by atoms with Crippen LogP contribution < -0.4 is 0 Å². The molecule has 0 bridgehead atoms. The molecule has 0 aromatic rings. The van der Waals surface area contributed by atoms with Crippen LogP contribution in [-0.4, -0.2) is 55.7 Å². The second kappa shape index (κ2) is 7.45. The van der Waals surface area contributed by atoms with Crippen molar-refractivity contribution in [1.82, 2.24) is 0 Å². The van der Waals surface area contributed by atoms with E-state index in [9.17, 15) is 0 Å². The first kappa shape index (κ1) is 27.2. The van der Waals surface area contributed by atoms with Gasteiger partial charge in [-0.15, -0.1) is 0 Å². The molecular formula is C15H45BCl2Si7. The minimum atomic E-state index is -1.83. The largest absolute Gasteiger partial charge is 0.330 e. The van der Waals surface area contributed by atoms with Crippen molar-refractivity contribution in [2.75, 3.05) is 0 Å². The smallest absolute Gasteiger partial charge is 0.177 e. The third-order valence-electron chi connectivity index (χ3n) is 6.66. The monoisotopic (exact) mass is 502 g/mol. The Bertz CT molecular complexity index is 427. The SMILES string of the molecule is C[Si](C)(C)[Si](B(Cl)Cl)([Si](C)(C)C)[Si]([Si](C)(C)C)([Si](C)(C)C)[Si](C)(C)C. The van der Waals surface area contributed by atoms with E-state index in [1.165, 1.54) is 0 Å². The molecule has 10 heteroatoms.